The fourth-order valence-electron chi connectivity index (χ4n) is 4.76. The second-order valence-electron chi connectivity index (χ2n) is 9.59. The molecule has 39 heavy (non-hydrogen) atoms. The Hall–Kier alpha value is -3.87. The molecule has 2 N–H and O–H groups in total. The third-order valence-corrected chi connectivity index (χ3v) is 6.79. The first-order valence-corrected chi connectivity index (χ1v) is 13.2. The van der Waals surface area contributed by atoms with Gasteiger partial charge in [0.1, 0.15) is 11.6 Å². The molecule has 3 aromatic rings. The number of rotatable bonds is 11. The summed E-state index contributed by atoms with van der Waals surface area (Å²) >= 11 is 0. The van der Waals surface area contributed by atoms with E-state index in [-0.39, 0.29) is 31.4 Å². The molecule has 13 heteroatoms. The van der Waals surface area contributed by atoms with Crippen LogP contribution in [0.1, 0.15) is 63.8 Å². The monoisotopic (exact) mass is 543 g/mol. The van der Waals surface area contributed by atoms with Crippen molar-refractivity contribution < 1.29 is 28.5 Å². The van der Waals surface area contributed by atoms with E-state index in [1.807, 2.05) is 33.0 Å². The highest BCUT2D eigenvalue weighted by atomic mass is 16.7. The standard InChI is InChI=1S/C26H37N7O6/c1-6-16(3)28-25(34)39-18-9-8-17(12-18)21-13-22(31-33(21)15-38-26(35)37-7-2)29-24-23-19(10-11-27-24)20(14-36-5)30-32(23)4/h10-11,13,16-18H,6-9,12,14-15H2,1-5H3,(H,28,34)(H,27,29,31)/t16?,17-,18+/m0/s1. The molecule has 1 saturated carbocycles. The van der Waals surface area contributed by atoms with Crippen LogP contribution in [0.15, 0.2) is 18.3 Å². The zero-order valence-electron chi connectivity index (χ0n) is 23.1. The number of hydrogen-bond donors (Lipinski definition) is 2. The van der Waals surface area contributed by atoms with E-state index in [1.165, 1.54) is 0 Å². The summed E-state index contributed by atoms with van der Waals surface area (Å²) in [4.78, 5) is 28.6. The van der Waals surface area contributed by atoms with Gasteiger partial charge in [-0.3, -0.25) is 4.68 Å². The molecule has 0 aromatic carbocycles. The first-order chi connectivity index (χ1) is 18.8. The van der Waals surface area contributed by atoms with Gasteiger partial charge in [0.15, 0.2) is 18.4 Å². The molecule has 1 unspecified atom stereocenters. The molecular weight excluding hydrogens is 506 g/mol. The largest absolute Gasteiger partial charge is 0.510 e. The number of amides is 1. The van der Waals surface area contributed by atoms with Crippen molar-refractivity contribution in [2.75, 3.05) is 19.0 Å². The van der Waals surface area contributed by atoms with Crippen LogP contribution in [0.2, 0.25) is 0 Å². The molecule has 212 valence electrons. The van der Waals surface area contributed by atoms with Crippen LogP contribution in [0.25, 0.3) is 10.9 Å². The Bertz CT molecular complexity index is 1290. The highest BCUT2D eigenvalue weighted by molar-refractivity contribution is 5.91. The van der Waals surface area contributed by atoms with Gasteiger partial charge in [0, 0.05) is 49.5 Å². The summed E-state index contributed by atoms with van der Waals surface area (Å²) in [6.45, 7) is 6.13. The second-order valence-corrected chi connectivity index (χ2v) is 9.59. The zero-order valence-corrected chi connectivity index (χ0v) is 23.1. The van der Waals surface area contributed by atoms with Gasteiger partial charge in [0.05, 0.1) is 18.9 Å². The molecule has 4 rings (SSSR count). The van der Waals surface area contributed by atoms with Crippen molar-refractivity contribution in [1.82, 2.24) is 29.9 Å². The number of anilines is 2. The van der Waals surface area contributed by atoms with E-state index >= 15 is 0 Å². The van der Waals surface area contributed by atoms with Crippen LogP contribution < -0.4 is 10.6 Å². The van der Waals surface area contributed by atoms with Crippen LogP contribution in [0.4, 0.5) is 21.2 Å². The van der Waals surface area contributed by atoms with Crippen LogP contribution in [0.3, 0.4) is 0 Å². The fraction of sp³-hybridized carbons (Fsp3) is 0.577. The molecule has 0 spiro atoms. The van der Waals surface area contributed by atoms with Gasteiger partial charge in [-0.2, -0.15) is 10.2 Å². The third kappa shape index (κ3) is 6.77. The predicted octanol–water partition coefficient (Wildman–Crippen LogP) is 4.35. The van der Waals surface area contributed by atoms with Crippen molar-refractivity contribution >= 4 is 34.8 Å². The summed E-state index contributed by atoms with van der Waals surface area (Å²) < 4.78 is 24.5. The molecule has 0 saturated heterocycles. The Morgan fingerprint density at radius 1 is 1.21 bits per heavy atom. The lowest BCUT2D eigenvalue weighted by Crippen LogP contribution is -2.34. The molecule has 0 radical (unpaired) electrons. The average Bonchev–Trinajstić information content (AvgIpc) is 3.61. The van der Waals surface area contributed by atoms with Gasteiger partial charge < -0.3 is 29.6 Å². The lowest BCUT2D eigenvalue weighted by Gasteiger charge is -2.16. The predicted molar refractivity (Wildman–Crippen MR) is 143 cm³/mol. The fourth-order valence-corrected chi connectivity index (χ4v) is 4.76. The van der Waals surface area contributed by atoms with Crippen molar-refractivity contribution in [2.45, 2.75) is 77.9 Å². The molecule has 1 amide bonds. The van der Waals surface area contributed by atoms with Gasteiger partial charge >= 0.3 is 12.2 Å². The van der Waals surface area contributed by atoms with Crippen molar-refractivity contribution in [2.24, 2.45) is 7.05 Å². The molecule has 1 aliphatic carbocycles. The number of aryl methyl sites for hydroxylation is 1. The molecule has 0 bridgehead atoms. The highest BCUT2D eigenvalue weighted by Crippen LogP contribution is 2.37. The number of fused-ring (bicyclic) bond motifs is 1. The molecule has 0 aliphatic heterocycles. The van der Waals surface area contributed by atoms with Crippen LogP contribution in [0, 0.1) is 0 Å². The van der Waals surface area contributed by atoms with Crippen LogP contribution in [-0.4, -0.2) is 62.7 Å². The Balaban J connectivity index is 1.55. The SMILES string of the molecule is CCOC(=O)OCn1nc(Nc2nccc3c(COC)nn(C)c23)cc1[C@H]1CC[C@@H](OC(=O)NC(C)CC)C1. The van der Waals surface area contributed by atoms with E-state index in [0.29, 0.717) is 24.7 Å². The maximum absolute atomic E-state index is 12.2. The van der Waals surface area contributed by atoms with Gasteiger partial charge in [0.25, 0.3) is 0 Å². The van der Waals surface area contributed by atoms with E-state index in [2.05, 4.69) is 25.8 Å². The van der Waals surface area contributed by atoms with E-state index in [4.69, 9.17) is 18.9 Å². The zero-order chi connectivity index (χ0) is 27.9. The Labute approximate surface area is 227 Å². The Morgan fingerprint density at radius 2 is 2.03 bits per heavy atom. The van der Waals surface area contributed by atoms with Gasteiger partial charge in [-0.25, -0.2) is 19.3 Å². The second kappa shape index (κ2) is 12.8. The minimum Gasteiger partial charge on any atom is -0.446 e. The Kier molecular flexibility index (Phi) is 9.23. The maximum atomic E-state index is 12.2. The van der Waals surface area contributed by atoms with Crippen molar-refractivity contribution in [3.63, 3.8) is 0 Å². The van der Waals surface area contributed by atoms with Crippen LogP contribution in [-0.2, 0) is 39.3 Å². The number of nitrogens with zero attached hydrogens (tertiary/aromatic N) is 5. The van der Waals surface area contributed by atoms with Gasteiger partial charge in [-0.05, 0) is 45.6 Å². The van der Waals surface area contributed by atoms with Gasteiger partial charge in [-0.1, -0.05) is 6.92 Å². The first-order valence-electron chi connectivity index (χ1n) is 13.2. The van der Waals surface area contributed by atoms with Crippen LogP contribution >= 0.6 is 0 Å². The number of pyridine rings is 1. The summed E-state index contributed by atoms with van der Waals surface area (Å²) in [7, 11) is 3.48. The summed E-state index contributed by atoms with van der Waals surface area (Å²) in [6.07, 6.45) is 3.30. The molecule has 3 heterocycles. The lowest BCUT2D eigenvalue weighted by molar-refractivity contribution is 0.0323. The summed E-state index contributed by atoms with van der Waals surface area (Å²) in [5.41, 5.74) is 2.47. The third-order valence-electron chi connectivity index (χ3n) is 6.79. The first kappa shape index (κ1) is 28.1. The van der Waals surface area contributed by atoms with Crippen molar-refractivity contribution in [3.05, 3.63) is 29.7 Å². The normalized spacial score (nSPS) is 17.7. The number of carbonyl (C=O) groups excluding carboxylic acids is 2. The van der Waals surface area contributed by atoms with Gasteiger partial charge in [0.2, 0.25) is 0 Å². The lowest BCUT2D eigenvalue weighted by atomic mass is 10.0. The van der Waals surface area contributed by atoms with Crippen molar-refractivity contribution in [1.29, 1.82) is 0 Å². The maximum Gasteiger partial charge on any atom is 0.510 e. The molecule has 3 atom stereocenters. The number of alkyl carbamates (subject to hydrolysis) is 1. The number of aromatic nitrogens is 5. The molecule has 3 aromatic heterocycles. The quantitative estimate of drug-likeness (QED) is 0.335. The average molecular weight is 544 g/mol. The number of hydrogen-bond acceptors (Lipinski definition) is 10. The molecule has 1 aliphatic rings. The van der Waals surface area contributed by atoms with Gasteiger partial charge in [-0.15, -0.1) is 0 Å². The molecular formula is C26H37N7O6. The van der Waals surface area contributed by atoms with E-state index in [0.717, 1.165) is 41.6 Å². The summed E-state index contributed by atoms with van der Waals surface area (Å²) in [6, 6.07) is 3.86. The smallest absolute Gasteiger partial charge is 0.446 e. The summed E-state index contributed by atoms with van der Waals surface area (Å²) in [5, 5.41) is 16.3. The molecule has 13 nitrogen and oxygen atoms in total. The molecule has 1 fully saturated rings. The van der Waals surface area contributed by atoms with Crippen molar-refractivity contribution in [3.8, 4) is 0 Å². The number of carbonyl (C=O) groups is 2. The Morgan fingerprint density at radius 3 is 2.77 bits per heavy atom. The number of nitrogens with one attached hydrogen (secondary N) is 2. The number of methoxy groups -OCH3 is 1. The summed E-state index contributed by atoms with van der Waals surface area (Å²) in [5.74, 6) is 1.17. The van der Waals surface area contributed by atoms with E-state index in [9.17, 15) is 9.59 Å². The topological polar surface area (TPSA) is 144 Å². The minimum atomic E-state index is -0.769. The minimum absolute atomic E-state index is 0.0489. The van der Waals surface area contributed by atoms with Crippen LogP contribution in [0.5, 0.6) is 0 Å². The van der Waals surface area contributed by atoms with E-state index in [1.54, 1.807) is 29.6 Å². The number of ether oxygens (including phenoxy) is 4. The van der Waals surface area contributed by atoms with E-state index < -0.39 is 12.2 Å². The highest BCUT2D eigenvalue weighted by Gasteiger charge is 2.32.